The van der Waals surface area contributed by atoms with Gasteiger partial charge < -0.3 is 4.42 Å². The minimum Gasteiger partial charge on any atom is -0.455 e. The molecule has 5 nitrogen and oxygen atoms in total. The van der Waals surface area contributed by atoms with Crippen LogP contribution in [0.4, 0.5) is 0 Å². The fourth-order valence-electron chi connectivity index (χ4n) is 9.95. The van der Waals surface area contributed by atoms with Crippen LogP contribution in [0, 0.1) is 6.92 Å². The van der Waals surface area contributed by atoms with E-state index in [4.69, 9.17) is 21.0 Å². The summed E-state index contributed by atoms with van der Waals surface area (Å²) in [7, 11) is 0. The van der Waals surface area contributed by atoms with Crippen LogP contribution in [0.15, 0.2) is 144 Å². The molecular formula is C50H41N4O+. The topological polar surface area (TPSA) is 47.2 Å². The first-order valence-electron chi connectivity index (χ1n) is 19.4. The highest BCUT2D eigenvalue weighted by atomic mass is 16.3. The Hall–Kier alpha value is -6.33. The van der Waals surface area contributed by atoms with Gasteiger partial charge in [0.1, 0.15) is 28.2 Å². The number of pyridine rings is 1. The van der Waals surface area contributed by atoms with Crippen LogP contribution >= 0.6 is 0 Å². The van der Waals surface area contributed by atoms with Gasteiger partial charge in [-0.25, -0.2) is 0 Å². The van der Waals surface area contributed by atoms with Crippen molar-refractivity contribution in [3.05, 3.63) is 168 Å². The number of imidazole rings is 1. The lowest BCUT2D eigenvalue weighted by molar-refractivity contribution is -0.542. The molecule has 0 saturated heterocycles. The van der Waals surface area contributed by atoms with Gasteiger partial charge in [-0.1, -0.05) is 98.1 Å². The van der Waals surface area contributed by atoms with E-state index in [0.717, 1.165) is 80.0 Å². The largest absolute Gasteiger partial charge is 0.455 e. The molecule has 3 aliphatic rings. The Labute approximate surface area is 320 Å². The van der Waals surface area contributed by atoms with E-state index in [0.29, 0.717) is 6.42 Å². The average Bonchev–Trinajstić information content (AvgIpc) is 3.75. The van der Waals surface area contributed by atoms with Crippen LogP contribution < -0.4 is 4.57 Å². The third-order valence-electron chi connectivity index (χ3n) is 12.6. The molecular weight excluding hydrogens is 673 g/mol. The lowest BCUT2D eigenvalue weighted by Gasteiger charge is -2.32. The molecule has 0 fully saturated rings. The second-order valence-electron chi connectivity index (χ2n) is 16.1. The molecule has 8 aromatic rings. The van der Waals surface area contributed by atoms with Gasteiger partial charge in [-0.2, -0.15) is 9.13 Å². The quantitative estimate of drug-likeness (QED) is 0.167. The van der Waals surface area contributed by atoms with Gasteiger partial charge in [0.25, 0.3) is 0 Å². The number of hydrogen-bond acceptors (Lipinski definition) is 3. The molecule has 5 heteroatoms. The maximum absolute atomic E-state index is 7.03. The molecule has 3 aliphatic heterocycles. The molecule has 0 radical (unpaired) electrons. The van der Waals surface area contributed by atoms with E-state index < -0.39 is 0 Å². The first kappa shape index (κ1) is 32.1. The standard InChI is InChI=1S/C50H41N4O/c1-6-40-35-15-11-10-14-34(35)36-21-17-32-18-22-38-37-20-16-29(2)26-44(37)55-47(38)45(32)49-53(30(3)27-41(36)52-40)43-24-25-51-48-46(43)54(49)42-23-19-33(28-39(42)50(48,4)5)31-12-8-7-9-13-31/h6-16,18-20,22-26,28,36,41H,1,3,17,21,27H2,2,4-5H3/q+1. The molecule has 3 aromatic heterocycles. The van der Waals surface area contributed by atoms with Gasteiger partial charge in [-0.3, -0.25) is 9.98 Å². The Morgan fingerprint density at radius 1 is 0.891 bits per heavy atom. The minimum absolute atomic E-state index is 0.0113. The third kappa shape index (κ3) is 4.50. The molecule has 5 aromatic carbocycles. The number of hydrogen-bond donors (Lipinski definition) is 0. The van der Waals surface area contributed by atoms with E-state index >= 15 is 0 Å². The Kier molecular flexibility index (Phi) is 6.77. The van der Waals surface area contributed by atoms with E-state index in [-0.39, 0.29) is 17.4 Å². The molecule has 2 atom stereocenters. The second-order valence-corrected chi connectivity index (χ2v) is 16.1. The van der Waals surface area contributed by atoms with Crippen LogP contribution in [0.2, 0.25) is 0 Å². The van der Waals surface area contributed by atoms with Crippen LogP contribution in [0.3, 0.4) is 0 Å². The maximum atomic E-state index is 7.03. The van der Waals surface area contributed by atoms with Crippen molar-refractivity contribution in [2.24, 2.45) is 4.99 Å². The smallest absolute Gasteiger partial charge is 0.304 e. The summed E-state index contributed by atoms with van der Waals surface area (Å²) in [5, 5.41) is 2.25. The molecule has 6 heterocycles. The van der Waals surface area contributed by atoms with Crippen molar-refractivity contribution >= 4 is 44.4 Å². The molecule has 55 heavy (non-hydrogen) atoms. The van der Waals surface area contributed by atoms with Crippen molar-refractivity contribution in [3.8, 4) is 28.2 Å². The normalized spacial score (nSPS) is 18.2. The van der Waals surface area contributed by atoms with Gasteiger partial charge in [-0.15, -0.1) is 0 Å². The maximum Gasteiger partial charge on any atom is 0.304 e. The van der Waals surface area contributed by atoms with Gasteiger partial charge in [0.05, 0.1) is 11.8 Å². The van der Waals surface area contributed by atoms with Crippen molar-refractivity contribution in [3.63, 3.8) is 0 Å². The molecule has 0 N–H and O–H groups in total. The summed E-state index contributed by atoms with van der Waals surface area (Å²) in [6.45, 7) is 15.9. The molecule has 2 unspecified atom stereocenters. The summed E-state index contributed by atoms with van der Waals surface area (Å²) in [5.74, 6) is 1.27. The first-order chi connectivity index (χ1) is 26.8. The van der Waals surface area contributed by atoms with Crippen LogP contribution in [0.1, 0.15) is 66.1 Å². The van der Waals surface area contributed by atoms with Gasteiger partial charge in [0.15, 0.2) is 11.1 Å². The summed E-state index contributed by atoms with van der Waals surface area (Å²) < 4.78 is 11.9. The fraction of sp³-hybridized carbons (Fsp3) is 0.180. The minimum atomic E-state index is -0.370. The lowest BCUT2D eigenvalue weighted by atomic mass is 9.76. The number of furan rings is 1. The molecule has 0 bridgehead atoms. The van der Waals surface area contributed by atoms with E-state index in [2.05, 4.69) is 146 Å². The van der Waals surface area contributed by atoms with Gasteiger partial charge in [0, 0.05) is 51.9 Å². The van der Waals surface area contributed by atoms with Crippen LogP contribution in [-0.2, 0) is 11.8 Å². The highest BCUT2D eigenvalue weighted by molar-refractivity contribution is 6.11. The number of fused-ring (bicyclic) bond motifs is 14. The number of rotatable bonds is 2. The van der Waals surface area contributed by atoms with Crippen molar-refractivity contribution in [1.82, 2.24) is 9.55 Å². The van der Waals surface area contributed by atoms with Crippen LogP contribution in [-0.4, -0.2) is 21.3 Å². The monoisotopic (exact) mass is 713 g/mol. The first-order valence-corrected chi connectivity index (χ1v) is 19.4. The Balaban J connectivity index is 1.26. The van der Waals surface area contributed by atoms with Gasteiger partial charge in [-0.05, 0) is 85.7 Å². The number of nitrogens with zero attached hydrogens (tertiary/aromatic N) is 4. The Bertz CT molecular complexity index is 2990. The van der Waals surface area contributed by atoms with Crippen molar-refractivity contribution in [1.29, 1.82) is 0 Å². The number of aromatic nitrogens is 3. The number of benzene rings is 5. The zero-order valence-corrected chi connectivity index (χ0v) is 31.4. The zero-order chi connectivity index (χ0) is 37.2. The van der Waals surface area contributed by atoms with Gasteiger partial charge >= 0.3 is 5.82 Å². The van der Waals surface area contributed by atoms with Crippen molar-refractivity contribution < 1.29 is 8.98 Å². The summed E-state index contributed by atoms with van der Waals surface area (Å²) in [6, 6.07) is 39.7. The lowest BCUT2D eigenvalue weighted by Crippen LogP contribution is -2.38. The van der Waals surface area contributed by atoms with Crippen LogP contribution in [0.5, 0.6) is 0 Å². The average molecular weight is 714 g/mol. The highest BCUT2D eigenvalue weighted by Crippen LogP contribution is 2.49. The zero-order valence-electron chi connectivity index (χ0n) is 31.4. The van der Waals surface area contributed by atoms with Crippen molar-refractivity contribution in [2.75, 3.05) is 0 Å². The molecule has 0 amide bonds. The molecule has 266 valence electrons. The Morgan fingerprint density at radius 2 is 1.71 bits per heavy atom. The predicted molar refractivity (Wildman–Crippen MR) is 224 cm³/mol. The summed E-state index contributed by atoms with van der Waals surface area (Å²) >= 11 is 0. The SMILES string of the molecule is C=CC1=NC2CC(=C)[n+]3c(n4c5c(nccc53)C(C)(C)c3cc(-c5ccccc5)ccc3-4)-c3c(ccc4c3oc3cc(C)ccc34)CCC2c2ccccc21. The van der Waals surface area contributed by atoms with E-state index in [1.807, 2.05) is 12.3 Å². The number of aryl methyl sites for hydroxylation is 2. The van der Waals surface area contributed by atoms with Crippen LogP contribution in [0.25, 0.3) is 66.9 Å². The van der Waals surface area contributed by atoms with Gasteiger partial charge in [0.2, 0.25) is 5.52 Å². The number of allylic oxidation sites excluding steroid dienone is 1. The Morgan fingerprint density at radius 3 is 2.56 bits per heavy atom. The predicted octanol–water partition coefficient (Wildman–Crippen LogP) is 11.4. The summed E-state index contributed by atoms with van der Waals surface area (Å²) in [6.07, 6.45) is 6.39. The van der Waals surface area contributed by atoms with E-state index in [9.17, 15) is 0 Å². The molecule has 11 rings (SSSR count). The van der Waals surface area contributed by atoms with E-state index in [1.54, 1.807) is 0 Å². The molecule has 0 aliphatic carbocycles. The summed E-state index contributed by atoms with van der Waals surface area (Å²) in [4.78, 5) is 10.6. The molecule has 0 spiro atoms. The van der Waals surface area contributed by atoms with E-state index in [1.165, 1.54) is 38.9 Å². The fourth-order valence-corrected chi connectivity index (χ4v) is 9.95. The third-order valence-corrected chi connectivity index (χ3v) is 12.6. The number of aliphatic imine (C=N–C) groups is 1. The summed E-state index contributed by atoms with van der Waals surface area (Å²) in [5.41, 5.74) is 17.5. The highest BCUT2D eigenvalue weighted by Gasteiger charge is 2.46. The van der Waals surface area contributed by atoms with Crippen molar-refractivity contribution in [2.45, 2.75) is 57.4 Å². The second kappa shape index (κ2) is 11.6. The molecule has 0 saturated carbocycles.